The minimum atomic E-state index is -0.998. The van der Waals surface area contributed by atoms with E-state index in [-0.39, 0.29) is 10.8 Å². The van der Waals surface area contributed by atoms with Crippen LogP contribution in [0.1, 0.15) is 34.1 Å². The van der Waals surface area contributed by atoms with E-state index in [1.54, 1.807) is 6.08 Å². The highest BCUT2D eigenvalue weighted by Gasteiger charge is 2.28. The molecule has 13 heavy (non-hydrogen) atoms. The van der Waals surface area contributed by atoms with Gasteiger partial charge in [0.05, 0.1) is 6.04 Å². The summed E-state index contributed by atoms with van der Waals surface area (Å²) in [4.78, 5) is 0. The molecule has 2 nitrogen and oxygen atoms in total. The lowest BCUT2D eigenvalue weighted by Gasteiger charge is -2.26. The maximum atomic E-state index is 11.7. The molecule has 1 N–H and O–H groups in total. The van der Waals surface area contributed by atoms with Gasteiger partial charge in [-0.2, -0.15) is 0 Å². The van der Waals surface area contributed by atoms with Crippen molar-refractivity contribution in [3.8, 4) is 0 Å². The van der Waals surface area contributed by atoms with Crippen molar-refractivity contribution in [3.05, 3.63) is 19.1 Å². The largest absolute Gasteiger partial charge is 0.598 e. The average molecular weight is 202 g/mol. The molecular weight excluding hydrogens is 182 g/mol. The third kappa shape index (κ3) is 5.34. The summed E-state index contributed by atoms with van der Waals surface area (Å²) in [5.74, 6) is 0. The molecule has 3 heteroatoms. The zero-order valence-electron chi connectivity index (χ0n) is 8.96. The maximum Gasteiger partial charge on any atom is 0.136 e. The van der Waals surface area contributed by atoms with Gasteiger partial charge in [-0.05, 0) is 27.2 Å². The van der Waals surface area contributed by atoms with Gasteiger partial charge in [0.25, 0.3) is 0 Å². The lowest BCUT2D eigenvalue weighted by atomic mass is 10.2. The number of rotatable bonds is 5. The van der Waals surface area contributed by atoms with Crippen LogP contribution in [-0.2, 0) is 11.4 Å². The molecule has 0 spiro atoms. The molecule has 0 aliphatic carbocycles. The van der Waals surface area contributed by atoms with Crippen LogP contribution < -0.4 is 4.72 Å². The van der Waals surface area contributed by atoms with E-state index in [2.05, 4.69) is 18.2 Å². The molecule has 0 aromatic heterocycles. The molecule has 1 radical (unpaired) electrons. The van der Waals surface area contributed by atoms with Crippen molar-refractivity contribution >= 4 is 11.4 Å². The highest BCUT2D eigenvalue weighted by molar-refractivity contribution is 7.90. The van der Waals surface area contributed by atoms with Crippen molar-refractivity contribution in [1.29, 1.82) is 0 Å². The van der Waals surface area contributed by atoms with Gasteiger partial charge in [0, 0.05) is 17.8 Å². The Morgan fingerprint density at radius 2 is 2.08 bits per heavy atom. The molecule has 77 valence electrons. The summed E-state index contributed by atoms with van der Waals surface area (Å²) in [5.41, 5.74) is 0. The Morgan fingerprint density at radius 3 is 2.38 bits per heavy atom. The molecule has 0 rings (SSSR count). The van der Waals surface area contributed by atoms with Gasteiger partial charge in [-0.15, -0.1) is 11.3 Å². The Labute approximate surface area is 85.1 Å². The fourth-order valence-electron chi connectivity index (χ4n) is 0.737. The van der Waals surface area contributed by atoms with E-state index in [9.17, 15) is 4.55 Å². The van der Waals surface area contributed by atoms with E-state index < -0.39 is 11.4 Å². The van der Waals surface area contributed by atoms with Crippen LogP contribution in [0.4, 0.5) is 0 Å². The smallest absolute Gasteiger partial charge is 0.136 e. The molecule has 0 amide bonds. The summed E-state index contributed by atoms with van der Waals surface area (Å²) >= 11 is -0.998. The van der Waals surface area contributed by atoms with Crippen LogP contribution in [0.5, 0.6) is 0 Å². The second kappa shape index (κ2) is 5.68. The van der Waals surface area contributed by atoms with E-state index in [4.69, 9.17) is 0 Å². The van der Waals surface area contributed by atoms with Gasteiger partial charge in [0.1, 0.15) is 4.75 Å². The van der Waals surface area contributed by atoms with Gasteiger partial charge in [-0.3, -0.25) is 0 Å². The van der Waals surface area contributed by atoms with Crippen LogP contribution >= 0.6 is 0 Å². The zero-order valence-corrected chi connectivity index (χ0v) is 9.78. The zero-order chi connectivity index (χ0) is 10.5. The minimum absolute atomic E-state index is 0.164. The molecule has 0 saturated heterocycles. The average Bonchev–Trinajstić information content (AvgIpc) is 2.01. The lowest BCUT2D eigenvalue weighted by molar-refractivity contribution is 0.529. The molecule has 0 aromatic carbocycles. The van der Waals surface area contributed by atoms with Crippen molar-refractivity contribution in [2.75, 3.05) is 0 Å². The molecule has 0 aliphatic rings. The first kappa shape index (κ1) is 13.0. The van der Waals surface area contributed by atoms with Crippen molar-refractivity contribution in [3.63, 3.8) is 0 Å². The van der Waals surface area contributed by atoms with Gasteiger partial charge in [0.2, 0.25) is 0 Å². The monoisotopic (exact) mass is 202 g/mol. The fraction of sp³-hybridized carbons (Fsp3) is 0.700. The van der Waals surface area contributed by atoms with Gasteiger partial charge < -0.3 is 4.55 Å². The topological polar surface area (TPSA) is 35.1 Å². The molecule has 0 aromatic rings. The van der Waals surface area contributed by atoms with Crippen LogP contribution in [0.15, 0.2) is 12.7 Å². The standard InChI is InChI=1S/C10H20NOS/c1-6-8-9(7-2)11-13(12)10(3,4)5/h6,8-9,11H,1,7H2,2-5H3. The third-order valence-electron chi connectivity index (χ3n) is 1.62. The van der Waals surface area contributed by atoms with Gasteiger partial charge in [-0.25, -0.2) is 0 Å². The van der Waals surface area contributed by atoms with Gasteiger partial charge in [0.15, 0.2) is 0 Å². The Bertz CT molecular complexity index is 153. The van der Waals surface area contributed by atoms with Crippen LogP contribution in [-0.4, -0.2) is 15.3 Å². The SMILES string of the molecule is C=C[CH]C(CC)N[S+]([O-])C(C)(C)C. The molecule has 0 heterocycles. The first-order valence-corrected chi connectivity index (χ1v) is 5.70. The van der Waals surface area contributed by atoms with Gasteiger partial charge in [-0.1, -0.05) is 13.0 Å². The maximum absolute atomic E-state index is 11.7. The van der Waals surface area contributed by atoms with Crippen LogP contribution in [0.2, 0.25) is 0 Å². The van der Waals surface area contributed by atoms with Crippen molar-refractivity contribution in [1.82, 2.24) is 4.72 Å². The summed E-state index contributed by atoms with van der Waals surface area (Å²) in [7, 11) is 0. The second-order valence-corrected chi connectivity index (χ2v) is 5.94. The summed E-state index contributed by atoms with van der Waals surface area (Å²) < 4.78 is 14.5. The molecule has 0 fully saturated rings. The van der Waals surface area contributed by atoms with E-state index in [0.29, 0.717) is 0 Å². The minimum Gasteiger partial charge on any atom is -0.598 e. The van der Waals surface area contributed by atoms with E-state index in [0.717, 1.165) is 6.42 Å². The van der Waals surface area contributed by atoms with E-state index in [1.807, 2.05) is 27.2 Å². The Morgan fingerprint density at radius 1 is 1.54 bits per heavy atom. The molecular formula is C10H20NOS. The first-order valence-electron chi connectivity index (χ1n) is 4.55. The summed E-state index contributed by atoms with van der Waals surface area (Å²) in [6.07, 6.45) is 4.60. The number of hydrogen-bond donors (Lipinski definition) is 1. The highest BCUT2D eigenvalue weighted by Crippen LogP contribution is 2.14. The van der Waals surface area contributed by atoms with Crippen LogP contribution in [0.3, 0.4) is 0 Å². The fourth-order valence-corrected chi connectivity index (χ4v) is 1.61. The van der Waals surface area contributed by atoms with Crippen molar-refractivity contribution < 1.29 is 4.55 Å². The van der Waals surface area contributed by atoms with Crippen LogP contribution in [0, 0.1) is 6.42 Å². The molecule has 0 saturated carbocycles. The predicted molar refractivity (Wildman–Crippen MR) is 59.6 cm³/mol. The Balaban J connectivity index is 4.00. The second-order valence-electron chi connectivity index (χ2n) is 3.94. The normalized spacial score (nSPS) is 16.7. The predicted octanol–water partition coefficient (Wildman–Crippen LogP) is 2.21. The van der Waals surface area contributed by atoms with Crippen molar-refractivity contribution in [2.24, 2.45) is 0 Å². The quantitative estimate of drug-likeness (QED) is 0.694. The molecule has 0 bridgehead atoms. The summed E-state index contributed by atoms with van der Waals surface area (Å²) in [6.45, 7) is 11.5. The number of nitrogens with one attached hydrogen (secondary N) is 1. The summed E-state index contributed by atoms with van der Waals surface area (Å²) in [5, 5.41) is 0. The number of hydrogen-bond acceptors (Lipinski definition) is 2. The van der Waals surface area contributed by atoms with Crippen molar-refractivity contribution in [2.45, 2.75) is 44.9 Å². The van der Waals surface area contributed by atoms with Crippen LogP contribution in [0.25, 0.3) is 0 Å². The van der Waals surface area contributed by atoms with E-state index in [1.165, 1.54) is 0 Å². The lowest BCUT2D eigenvalue weighted by Crippen LogP contribution is -2.44. The summed E-state index contributed by atoms with van der Waals surface area (Å²) in [6, 6.07) is 0.164. The Kier molecular flexibility index (Phi) is 5.68. The highest BCUT2D eigenvalue weighted by atomic mass is 32.2. The van der Waals surface area contributed by atoms with Gasteiger partial charge >= 0.3 is 0 Å². The third-order valence-corrected chi connectivity index (χ3v) is 3.25. The van der Waals surface area contributed by atoms with E-state index >= 15 is 0 Å². The molecule has 0 aliphatic heterocycles. The Hall–Kier alpha value is 0.01000. The first-order chi connectivity index (χ1) is 5.91. The molecule has 2 unspecified atom stereocenters. The molecule has 2 atom stereocenters.